The van der Waals surface area contributed by atoms with E-state index in [1.807, 2.05) is 13.8 Å². The number of halogens is 1. The molecule has 19 heavy (non-hydrogen) atoms. The van der Waals surface area contributed by atoms with Gasteiger partial charge in [0.25, 0.3) is 0 Å². The van der Waals surface area contributed by atoms with Gasteiger partial charge in [-0.1, -0.05) is 37.6 Å². The SMILES string of the molecule is CC(C)C[C@@H](NC(=O)Cc1ccc(Cl)cc1)C(=O)O. The highest BCUT2D eigenvalue weighted by molar-refractivity contribution is 6.30. The maximum absolute atomic E-state index is 11.8. The van der Waals surface area contributed by atoms with Crippen molar-refractivity contribution in [1.82, 2.24) is 5.32 Å². The molecule has 0 radical (unpaired) electrons. The highest BCUT2D eigenvalue weighted by atomic mass is 35.5. The van der Waals surface area contributed by atoms with Crippen molar-refractivity contribution in [2.45, 2.75) is 32.7 Å². The molecule has 0 spiro atoms. The van der Waals surface area contributed by atoms with Crippen LogP contribution in [0.15, 0.2) is 24.3 Å². The van der Waals surface area contributed by atoms with Crippen molar-refractivity contribution < 1.29 is 14.7 Å². The van der Waals surface area contributed by atoms with Crippen molar-refractivity contribution in [3.8, 4) is 0 Å². The van der Waals surface area contributed by atoms with E-state index in [0.717, 1.165) is 5.56 Å². The first-order valence-corrected chi connectivity index (χ1v) is 6.53. The van der Waals surface area contributed by atoms with Gasteiger partial charge in [0.1, 0.15) is 6.04 Å². The van der Waals surface area contributed by atoms with Gasteiger partial charge >= 0.3 is 5.97 Å². The van der Waals surface area contributed by atoms with E-state index in [4.69, 9.17) is 16.7 Å². The van der Waals surface area contributed by atoms with Gasteiger partial charge in [-0.25, -0.2) is 4.79 Å². The predicted octanol–water partition coefficient (Wildman–Crippen LogP) is 2.50. The zero-order valence-corrected chi connectivity index (χ0v) is 11.8. The minimum Gasteiger partial charge on any atom is -0.480 e. The third kappa shape index (κ3) is 5.75. The summed E-state index contributed by atoms with van der Waals surface area (Å²) in [5.41, 5.74) is 0.801. The van der Waals surface area contributed by atoms with E-state index in [1.54, 1.807) is 24.3 Å². The molecule has 0 unspecified atom stereocenters. The molecule has 1 rings (SSSR count). The van der Waals surface area contributed by atoms with Crippen molar-refractivity contribution in [2.75, 3.05) is 0 Å². The summed E-state index contributed by atoms with van der Waals surface area (Å²) < 4.78 is 0. The Labute approximate surface area is 117 Å². The van der Waals surface area contributed by atoms with Crippen LogP contribution in [0.3, 0.4) is 0 Å². The van der Waals surface area contributed by atoms with Crippen LogP contribution in [0.25, 0.3) is 0 Å². The molecule has 0 aromatic heterocycles. The highest BCUT2D eigenvalue weighted by Crippen LogP contribution is 2.10. The second-order valence-corrected chi connectivity index (χ2v) is 5.33. The fraction of sp³-hybridized carbons (Fsp3) is 0.429. The molecule has 0 fully saturated rings. The largest absolute Gasteiger partial charge is 0.480 e. The number of nitrogens with one attached hydrogen (secondary N) is 1. The molecular weight excluding hydrogens is 266 g/mol. The number of amides is 1. The Kier molecular flexibility index (Phi) is 5.83. The van der Waals surface area contributed by atoms with Gasteiger partial charge in [-0.2, -0.15) is 0 Å². The molecule has 104 valence electrons. The lowest BCUT2D eigenvalue weighted by atomic mass is 10.0. The average Bonchev–Trinajstić information content (AvgIpc) is 2.30. The first-order valence-electron chi connectivity index (χ1n) is 6.15. The Morgan fingerprint density at radius 2 is 1.84 bits per heavy atom. The summed E-state index contributed by atoms with van der Waals surface area (Å²) in [6.45, 7) is 3.84. The lowest BCUT2D eigenvalue weighted by Gasteiger charge is -2.16. The fourth-order valence-corrected chi connectivity index (χ4v) is 1.85. The van der Waals surface area contributed by atoms with Crippen LogP contribution >= 0.6 is 11.6 Å². The molecule has 1 atom stereocenters. The molecule has 0 saturated carbocycles. The summed E-state index contributed by atoms with van der Waals surface area (Å²) in [5, 5.41) is 12.2. The van der Waals surface area contributed by atoms with E-state index in [9.17, 15) is 9.59 Å². The number of hydrogen-bond acceptors (Lipinski definition) is 2. The van der Waals surface area contributed by atoms with Crippen LogP contribution in [-0.4, -0.2) is 23.0 Å². The van der Waals surface area contributed by atoms with Crippen molar-refractivity contribution in [3.05, 3.63) is 34.9 Å². The number of aliphatic carboxylic acids is 1. The number of carboxylic acids is 1. The lowest BCUT2D eigenvalue weighted by molar-refractivity contribution is -0.142. The number of carboxylic acid groups (broad SMARTS) is 1. The van der Waals surface area contributed by atoms with Crippen LogP contribution in [0.5, 0.6) is 0 Å². The Balaban J connectivity index is 2.57. The van der Waals surface area contributed by atoms with Gasteiger partial charge in [0.15, 0.2) is 0 Å². The maximum Gasteiger partial charge on any atom is 0.326 e. The summed E-state index contributed by atoms with van der Waals surface area (Å²) in [6.07, 6.45) is 0.570. The van der Waals surface area contributed by atoms with Gasteiger partial charge in [0.2, 0.25) is 5.91 Å². The van der Waals surface area contributed by atoms with E-state index >= 15 is 0 Å². The molecular formula is C14H18ClNO3. The maximum atomic E-state index is 11.8. The standard InChI is InChI=1S/C14H18ClNO3/c1-9(2)7-12(14(18)19)16-13(17)8-10-3-5-11(15)6-4-10/h3-6,9,12H,7-8H2,1-2H3,(H,16,17)(H,18,19)/t12-/m1/s1. The van der Waals surface area contributed by atoms with Crippen LogP contribution < -0.4 is 5.32 Å². The zero-order chi connectivity index (χ0) is 14.4. The van der Waals surface area contributed by atoms with Crippen molar-refractivity contribution in [2.24, 2.45) is 5.92 Å². The minimum atomic E-state index is -1.00. The van der Waals surface area contributed by atoms with Crippen molar-refractivity contribution in [1.29, 1.82) is 0 Å². The number of benzene rings is 1. The van der Waals surface area contributed by atoms with E-state index in [-0.39, 0.29) is 18.2 Å². The summed E-state index contributed by atoms with van der Waals surface area (Å²) in [7, 11) is 0. The van der Waals surface area contributed by atoms with Gasteiger partial charge in [-0.15, -0.1) is 0 Å². The van der Waals surface area contributed by atoms with Crippen molar-refractivity contribution >= 4 is 23.5 Å². The Morgan fingerprint density at radius 1 is 1.26 bits per heavy atom. The fourth-order valence-electron chi connectivity index (χ4n) is 1.73. The molecule has 0 saturated heterocycles. The third-order valence-electron chi connectivity index (χ3n) is 2.62. The Hall–Kier alpha value is -1.55. The summed E-state index contributed by atoms with van der Waals surface area (Å²) in [4.78, 5) is 22.8. The monoisotopic (exact) mass is 283 g/mol. The van der Waals surface area contributed by atoms with Gasteiger partial charge in [-0.05, 0) is 30.0 Å². The summed E-state index contributed by atoms with van der Waals surface area (Å²) in [5.74, 6) is -1.09. The van der Waals surface area contributed by atoms with E-state index in [1.165, 1.54) is 0 Å². The van der Waals surface area contributed by atoms with E-state index < -0.39 is 12.0 Å². The molecule has 2 N–H and O–H groups in total. The van der Waals surface area contributed by atoms with Gasteiger partial charge in [-0.3, -0.25) is 4.79 Å². The number of carbonyl (C=O) groups is 2. The van der Waals surface area contributed by atoms with Crippen LogP contribution in [0, 0.1) is 5.92 Å². The lowest BCUT2D eigenvalue weighted by Crippen LogP contribution is -2.42. The Bertz CT molecular complexity index is 443. The average molecular weight is 284 g/mol. The van der Waals surface area contributed by atoms with Crippen LogP contribution in [0.2, 0.25) is 5.02 Å². The quantitative estimate of drug-likeness (QED) is 0.843. The second kappa shape index (κ2) is 7.14. The molecule has 5 heteroatoms. The number of rotatable bonds is 6. The third-order valence-corrected chi connectivity index (χ3v) is 2.87. The topological polar surface area (TPSA) is 66.4 Å². The first kappa shape index (κ1) is 15.5. The normalized spacial score (nSPS) is 12.2. The molecule has 0 aliphatic heterocycles. The van der Waals surface area contributed by atoms with E-state index in [0.29, 0.717) is 11.4 Å². The van der Waals surface area contributed by atoms with Crippen LogP contribution in [0.1, 0.15) is 25.8 Å². The number of hydrogen-bond donors (Lipinski definition) is 2. The highest BCUT2D eigenvalue weighted by Gasteiger charge is 2.20. The zero-order valence-electron chi connectivity index (χ0n) is 11.0. The Morgan fingerprint density at radius 3 is 2.32 bits per heavy atom. The molecule has 0 bridgehead atoms. The molecule has 1 amide bonds. The predicted molar refractivity (Wildman–Crippen MR) is 74.2 cm³/mol. The van der Waals surface area contributed by atoms with Gasteiger partial charge in [0.05, 0.1) is 6.42 Å². The van der Waals surface area contributed by atoms with Crippen LogP contribution in [-0.2, 0) is 16.0 Å². The summed E-state index contributed by atoms with van der Waals surface area (Å²) in [6, 6.07) is 6.07. The minimum absolute atomic E-state index is 0.152. The van der Waals surface area contributed by atoms with Gasteiger partial charge in [0, 0.05) is 5.02 Å². The summed E-state index contributed by atoms with van der Waals surface area (Å²) >= 11 is 5.75. The first-order chi connectivity index (χ1) is 8.88. The molecule has 1 aromatic rings. The van der Waals surface area contributed by atoms with E-state index in [2.05, 4.69) is 5.32 Å². The van der Waals surface area contributed by atoms with Crippen LogP contribution in [0.4, 0.5) is 0 Å². The molecule has 0 aliphatic rings. The molecule has 1 aromatic carbocycles. The number of carbonyl (C=O) groups excluding carboxylic acids is 1. The van der Waals surface area contributed by atoms with Gasteiger partial charge < -0.3 is 10.4 Å². The second-order valence-electron chi connectivity index (χ2n) is 4.89. The molecule has 0 heterocycles. The molecule has 4 nitrogen and oxygen atoms in total. The molecule has 0 aliphatic carbocycles. The smallest absolute Gasteiger partial charge is 0.326 e. The van der Waals surface area contributed by atoms with Crippen molar-refractivity contribution in [3.63, 3.8) is 0 Å².